The van der Waals surface area contributed by atoms with Crippen LogP contribution in [0, 0.1) is 0 Å². The van der Waals surface area contributed by atoms with E-state index in [-0.39, 0.29) is 5.78 Å². The predicted molar refractivity (Wildman–Crippen MR) is 77.7 cm³/mol. The number of carbonyl (C=O) groups is 1. The van der Waals surface area contributed by atoms with Gasteiger partial charge in [0.15, 0.2) is 17.3 Å². The molecule has 106 valence electrons. The summed E-state index contributed by atoms with van der Waals surface area (Å²) in [4.78, 5) is 12.2. The Labute approximate surface area is 122 Å². The maximum Gasteiger partial charge on any atom is 0.205 e. The Bertz CT molecular complexity index is 457. The first kappa shape index (κ1) is 15.8. The van der Waals surface area contributed by atoms with Crippen molar-refractivity contribution >= 4 is 21.7 Å². The summed E-state index contributed by atoms with van der Waals surface area (Å²) >= 11 is 3.39. The van der Waals surface area contributed by atoms with Crippen LogP contribution in [0.2, 0.25) is 0 Å². The molecular weight excluding hydrogens is 312 g/mol. The van der Waals surface area contributed by atoms with E-state index in [0.29, 0.717) is 33.7 Å². The Morgan fingerprint density at radius 3 is 2.16 bits per heavy atom. The van der Waals surface area contributed by atoms with E-state index in [9.17, 15) is 4.79 Å². The molecule has 1 aromatic rings. The highest BCUT2D eigenvalue weighted by Gasteiger charge is 2.23. The van der Waals surface area contributed by atoms with Crippen LogP contribution in [0.15, 0.2) is 10.5 Å². The number of halogens is 1. The van der Waals surface area contributed by atoms with Crippen LogP contribution in [-0.2, 0) is 0 Å². The fraction of sp³-hybridized carbons (Fsp3) is 0.500. The zero-order valence-corrected chi connectivity index (χ0v) is 13.3. The minimum absolute atomic E-state index is 0.0420. The van der Waals surface area contributed by atoms with E-state index in [1.54, 1.807) is 13.2 Å². The average molecular weight is 331 g/mol. The van der Waals surface area contributed by atoms with Crippen molar-refractivity contribution in [3.05, 3.63) is 16.1 Å². The molecule has 0 radical (unpaired) electrons. The first-order valence-corrected chi connectivity index (χ1v) is 6.91. The van der Waals surface area contributed by atoms with Gasteiger partial charge < -0.3 is 14.2 Å². The van der Waals surface area contributed by atoms with Crippen molar-refractivity contribution in [1.29, 1.82) is 0 Å². The van der Waals surface area contributed by atoms with Crippen molar-refractivity contribution in [1.82, 2.24) is 0 Å². The second-order valence-electron chi connectivity index (χ2n) is 4.03. The Morgan fingerprint density at radius 1 is 1.11 bits per heavy atom. The molecule has 0 bridgehead atoms. The van der Waals surface area contributed by atoms with Gasteiger partial charge in [0.05, 0.1) is 31.4 Å². The first-order chi connectivity index (χ1) is 9.10. The van der Waals surface area contributed by atoms with Gasteiger partial charge >= 0.3 is 0 Å². The maximum atomic E-state index is 12.2. The second kappa shape index (κ2) is 7.38. The number of ether oxygens (including phenoxy) is 3. The van der Waals surface area contributed by atoms with E-state index in [4.69, 9.17) is 14.2 Å². The molecule has 19 heavy (non-hydrogen) atoms. The normalized spacial score (nSPS) is 10.2. The molecule has 0 unspecified atom stereocenters. The standard InChI is InChI=1S/C14H19BrO4/c1-5-6-7-11(16)9-8-10(15)13(18-3)14(19-4)12(9)17-2/h8H,5-7H2,1-4H3. The molecule has 0 heterocycles. The van der Waals surface area contributed by atoms with E-state index in [0.717, 1.165) is 12.8 Å². The van der Waals surface area contributed by atoms with Crippen molar-refractivity contribution in [2.24, 2.45) is 0 Å². The average Bonchev–Trinajstić information content (AvgIpc) is 2.43. The van der Waals surface area contributed by atoms with Crippen molar-refractivity contribution < 1.29 is 19.0 Å². The molecule has 0 saturated heterocycles. The zero-order chi connectivity index (χ0) is 14.4. The van der Waals surface area contributed by atoms with E-state index < -0.39 is 0 Å². The van der Waals surface area contributed by atoms with Crippen LogP contribution in [0.5, 0.6) is 17.2 Å². The van der Waals surface area contributed by atoms with Crippen LogP contribution in [0.4, 0.5) is 0 Å². The van der Waals surface area contributed by atoms with Gasteiger partial charge in [-0.15, -0.1) is 0 Å². The molecule has 0 aliphatic rings. The number of ketones is 1. The third-order valence-corrected chi connectivity index (χ3v) is 3.40. The second-order valence-corrected chi connectivity index (χ2v) is 4.89. The SMILES string of the molecule is CCCCC(=O)c1cc(Br)c(OC)c(OC)c1OC. The van der Waals surface area contributed by atoms with Crippen molar-refractivity contribution in [2.45, 2.75) is 26.2 Å². The zero-order valence-electron chi connectivity index (χ0n) is 11.7. The molecule has 0 amide bonds. The minimum atomic E-state index is 0.0420. The molecule has 0 atom stereocenters. The first-order valence-electron chi connectivity index (χ1n) is 6.12. The lowest BCUT2D eigenvalue weighted by atomic mass is 10.0. The van der Waals surface area contributed by atoms with Gasteiger partial charge in [-0.2, -0.15) is 0 Å². The Hall–Kier alpha value is -1.23. The van der Waals surface area contributed by atoms with Crippen molar-refractivity contribution in [3.63, 3.8) is 0 Å². The van der Waals surface area contributed by atoms with E-state index in [2.05, 4.69) is 22.9 Å². The molecule has 0 N–H and O–H groups in total. The van der Waals surface area contributed by atoms with Gasteiger partial charge in [0.25, 0.3) is 0 Å². The number of hydrogen-bond donors (Lipinski definition) is 0. The number of hydrogen-bond acceptors (Lipinski definition) is 4. The van der Waals surface area contributed by atoms with Crippen LogP contribution in [0.3, 0.4) is 0 Å². The van der Waals surface area contributed by atoms with Gasteiger partial charge in [0.1, 0.15) is 0 Å². The topological polar surface area (TPSA) is 44.8 Å². The van der Waals surface area contributed by atoms with Gasteiger partial charge in [-0.3, -0.25) is 4.79 Å². The Balaban J connectivity index is 3.32. The van der Waals surface area contributed by atoms with Crippen LogP contribution in [0.25, 0.3) is 0 Å². The molecule has 0 aliphatic heterocycles. The van der Waals surface area contributed by atoms with Gasteiger partial charge in [0.2, 0.25) is 5.75 Å². The van der Waals surface area contributed by atoms with Gasteiger partial charge in [-0.1, -0.05) is 13.3 Å². The monoisotopic (exact) mass is 330 g/mol. The van der Waals surface area contributed by atoms with Crippen molar-refractivity contribution in [2.75, 3.05) is 21.3 Å². The predicted octanol–water partition coefficient (Wildman–Crippen LogP) is 3.85. The lowest BCUT2D eigenvalue weighted by Crippen LogP contribution is -2.05. The third kappa shape index (κ3) is 3.41. The largest absolute Gasteiger partial charge is 0.492 e. The third-order valence-electron chi connectivity index (χ3n) is 2.82. The minimum Gasteiger partial charge on any atom is -0.492 e. The smallest absolute Gasteiger partial charge is 0.205 e. The van der Waals surface area contributed by atoms with Crippen LogP contribution >= 0.6 is 15.9 Å². The highest BCUT2D eigenvalue weighted by Crippen LogP contribution is 2.45. The number of rotatable bonds is 7. The lowest BCUT2D eigenvalue weighted by Gasteiger charge is -2.16. The fourth-order valence-corrected chi connectivity index (χ4v) is 2.42. The molecule has 5 heteroatoms. The summed E-state index contributed by atoms with van der Waals surface area (Å²) in [7, 11) is 4.58. The van der Waals surface area contributed by atoms with E-state index in [1.807, 2.05) is 0 Å². The highest BCUT2D eigenvalue weighted by atomic mass is 79.9. The lowest BCUT2D eigenvalue weighted by molar-refractivity contribution is 0.0976. The molecule has 4 nitrogen and oxygen atoms in total. The summed E-state index contributed by atoms with van der Waals surface area (Å²) in [6, 6.07) is 1.72. The molecule has 0 saturated carbocycles. The summed E-state index contributed by atoms with van der Waals surface area (Å²) in [6.45, 7) is 2.05. The number of unbranched alkanes of at least 4 members (excludes halogenated alkanes) is 1. The number of methoxy groups -OCH3 is 3. The highest BCUT2D eigenvalue weighted by molar-refractivity contribution is 9.10. The summed E-state index contributed by atoms with van der Waals surface area (Å²) < 4.78 is 16.6. The molecule has 1 aromatic carbocycles. The molecular formula is C14H19BrO4. The van der Waals surface area contributed by atoms with Crippen molar-refractivity contribution in [3.8, 4) is 17.2 Å². The van der Waals surface area contributed by atoms with Gasteiger partial charge in [-0.25, -0.2) is 0 Å². The van der Waals surface area contributed by atoms with Crippen LogP contribution < -0.4 is 14.2 Å². The summed E-state index contributed by atoms with van der Waals surface area (Å²) in [6.07, 6.45) is 2.32. The maximum absolute atomic E-state index is 12.2. The summed E-state index contributed by atoms with van der Waals surface area (Å²) in [5.74, 6) is 1.41. The van der Waals surface area contributed by atoms with Gasteiger partial charge in [-0.05, 0) is 28.4 Å². The van der Waals surface area contributed by atoms with Crippen LogP contribution in [-0.4, -0.2) is 27.1 Å². The van der Waals surface area contributed by atoms with Gasteiger partial charge in [0, 0.05) is 6.42 Å². The number of benzene rings is 1. The summed E-state index contributed by atoms with van der Waals surface area (Å²) in [5.41, 5.74) is 0.514. The Morgan fingerprint density at radius 2 is 1.68 bits per heavy atom. The quantitative estimate of drug-likeness (QED) is 0.712. The number of Topliss-reactive ketones (excluding diaryl/α,β-unsaturated/α-hetero) is 1. The van der Waals surface area contributed by atoms with Crippen LogP contribution in [0.1, 0.15) is 36.5 Å². The molecule has 0 aromatic heterocycles. The number of carbonyl (C=O) groups excluding carboxylic acids is 1. The van der Waals surface area contributed by atoms with E-state index >= 15 is 0 Å². The molecule has 0 aliphatic carbocycles. The molecule has 0 fully saturated rings. The van der Waals surface area contributed by atoms with E-state index in [1.165, 1.54) is 14.2 Å². The molecule has 1 rings (SSSR count). The molecule has 0 spiro atoms. The fourth-order valence-electron chi connectivity index (χ4n) is 1.85. The Kier molecular flexibility index (Phi) is 6.15. The summed E-state index contributed by atoms with van der Waals surface area (Å²) in [5, 5.41) is 0.